The predicted octanol–water partition coefficient (Wildman–Crippen LogP) is 3.34. The van der Waals surface area contributed by atoms with Crippen LogP contribution in [0.4, 0.5) is 0 Å². The zero-order chi connectivity index (χ0) is 13.3. The summed E-state index contributed by atoms with van der Waals surface area (Å²) < 4.78 is 0. The van der Waals surface area contributed by atoms with Crippen LogP contribution < -0.4 is 0 Å². The second-order valence-corrected chi connectivity index (χ2v) is 4.36. The summed E-state index contributed by atoms with van der Waals surface area (Å²) in [6, 6.07) is 4.51. The lowest BCUT2D eigenvalue weighted by molar-refractivity contribution is -0.111. The molecule has 0 spiro atoms. The number of hydrogen-bond acceptors (Lipinski definition) is 3. The molecule has 0 fully saturated rings. The minimum atomic E-state index is -0.702. The quantitative estimate of drug-likeness (QED) is 0.832. The van der Waals surface area contributed by atoms with Crippen molar-refractivity contribution in [1.29, 1.82) is 0 Å². The monoisotopic (exact) mass is 262 g/mol. The summed E-state index contributed by atoms with van der Waals surface area (Å²) in [5.74, 6) is -1.51. The molecule has 0 bridgehead atoms. The summed E-state index contributed by atoms with van der Waals surface area (Å²) >= 11 is 5.78. The Kier molecular flexibility index (Phi) is 3.34. The predicted molar refractivity (Wildman–Crippen MR) is 69.8 cm³/mol. The van der Waals surface area contributed by atoms with Gasteiger partial charge in [-0.2, -0.15) is 0 Å². The van der Waals surface area contributed by atoms with Crippen LogP contribution in [-0.2, 0) is 4.79 Å². The molecule has 1 N–H and O–H groups in total. The summed E-state index contributed by atoms with van der Waals surface area (Å²) in [4.78, 5) is 23.8. The molecule has 0 saturated heterocycles. The Morgan fingerprint density at radius 3 is 2.61 bits per heavy atom. The zero-order valence-corrected chi connectivity index (χ0v) is 10.5. The third kappa shape index (κ3) is 1.97. The Morgan fingerprint density at radius 1 is 1.22 bits per heavy atom. The number of ketones is 2. The molecule has 1 aliphatic carbocycles. The topological polar surface area (TPSA) is 54.4 Å². The summed E-state index contributed by atoms with van der Waals surface area (Å²) in [6.45, 7) is 1.90. The van der Waals surface area contributed by atoms with Crippen LogP contribution >= 0.6 is 11.6 Å². The average molecular weight is 263 g/mol. The molecule has 0 unspecified atom stereocenters. The fourth-order valence-electron chi connectivity index (χ4n) is 1.80. The molecule has 0 saturated carbocycles. The van der Waals surface area contributed by atoms with Crippen LogP contribution in [0.1, 0.15) is 29.3 Å². The number of allylic oxidation sites excluding steroid dienone is 3. The number of halogens is 1. The fourth-order valence-corrected chi connectivity index (χ4v) is 1.97. The largest absolute Gasteiger partial charge is 0.507 e. The van der Waals surface area contributed by atoms with E-state index in [1.165, 1.54) is 18.2 Å². The molecule has 2 rings (SSSR count). The normalized spacial score (nSPS) is 15.4. The number of aliphatic hydroxyl groups is 1. The minimum Gasteiger partial charge on any atom is -0.507 e. The van der Waals surface area contributed by atoms with E-state index in [1.807, 2.05) is 6.92 Å². The smallest absolute Gasteiger partial charge is 0.237 e. The third-order valence-corrected chi connectivity index (χ3v) is 2.94. The first-order chi connectivity index (χ1) is 8.56. The van der Waals surface area contributed by atoms with Crippen LogP contribution in [-0.4, -0.2) is 16.7 Å². The van der Waals surface area contributed by atoms with Gasteiger partial charge in [-0.15, -0.1) is 0 Å². The summed E-state index contributed by atoms with van der Waals surface area (Å²) in [5, 5.41) is 10.4. The van der Waals surface area contributed by atoms with Crippen molar-refractivity contribution >= 4 is 28.9 Å². The molecule has 0 heterocycles. The van der Waals surface area contributed by atoms with Gasteiger partial charge in [-0.25, -0.2) is 0 Å². The van der Waals surface area contributed by atoms with Gasteiger partial charge in [0.15, 0.2) is 0 Å². The second kappa shape index (κ2) is 4.78. The zero-order valence-electron chi connectivity index (χ0n) is 9.74. The van der Waals surface area contributed by atoms with Gasteiger partial charge in [0.05, 0.1) is 5.57 Å². The first-order valence-electron chi connectivity index (χ1n) is 5.55. The van der Waals surface area contributed by atoms with Crippen molar-refractivity contribution < 1.29 is 14.7 Å². The second-order valence-electron chi connectivity index (χ2n) is 3.92. The number of Topliss-reactive ketones (excluding diaryl/α,β-unsaturated/α-hetero) is 2. The van der Waals surface area contributed by atoms with E-state index in [-0.39, 0.29) is 16.9 Å². The van der Waals surface area contributed by atoms with E-state index in [2.05, 4.69) is 0 Å². The van der Waals surface area contributed by atoms with Crippen LogP contribution in [0, 0.1) is 0 Å². The Bertz CT molecular complexity index is 597. The van der Waals surface area contributed by atoms with Crippen LogP contribution in [0.25, 0.3) is 5.76 Å². The summed E-state index contributed by atoms with van der Waals surface area (Å²) in [6.07, 6.45) is 3.91. The SMILES string of the molecule is CCC=CC1=C(O)c2ccc(Cl)cc2C(=O)C1=O. The molecule has 3 nitrogen and oxygen atoms in total. The van der Waals surface area contributed by atoms with Crippen molar-refractivity contribution in [2.75, 3.05) is 0 Å². The van der Waals surface area contributed by atoms with E-state index in [9.17, 15) is 14.7 Å². The van der Waals surface area contributed by atoms with Crippen molar-refractivity contribution in [3.8, 4) is 0 Å². The maximum atomic E-state index is 11.9. The molecule has 0 atom stereocenters. The van der Waals surface area contributed by atoms with Crippen molar-refractivity contribution in [3.05, 3.63) is 52.1 Å². The minimum absolute atomic E-state index is 0.0386. The number of benzene rings is 1. The number of aliphatic hydroxyl groups excluding tert-OH is 1. The van der Waals surface area contributed by atoms with E-state index in [0.717, 1.165) is 0 Å². The van der Waals surface area contributed by atoms with E-state index in [0.29, 0.717) is 17.0 Å². The van der Waals surface area contributed by atoms with Gasteiger partial charge < -0.3 is 5.11 Å². The highest BCUT2D eigenvalue weighted by atomic mass is 35.5. The lowest BCUT2D eigenvalue weighted by Gasteiger charge is -2.15. The lowest BCUT2D eigenvalue weighted by atomic mass is 9.88. The molecule has 0 aliphatic heterocycles. The molecule has 1 aromatic carbocycles. The van der Waals surface area contributed by atoms with E-state index in [1.54, 1.807) is 12.1 Å². The summed E-state index contributed by atoms with van der Waals surface area (Å²) in [5.41, 5.74) is 0.537. The molecule has 4 heteroatoms. The molecule has 18 heavy (non-hydrogen) atoms. The third-order valence-electron chi connectivity index (χ3n) is 2.71. The Labute approximate surface area is 109 Å². The molecular formula is C14H11ClO3. The van der Waals surface area contributed by atoms with Crippen LogP contribution in [0.2, 0.25) is 5.02 Å². The number of rotatable bonds is 2. The van der Waals surface area contributed by atoms with Gasteiger partial charge in [0.2, 0.25) is 11.6 Å². The highest BCUT2D eigenvalue weighted by molar-refractivity contribution is 6.53. The first-order valence-corrected chi connectivity index (χ1v) is 5.92. The molecule has 0 aromatic heterocycles. The maximum Gasteiger partial charge on any atom is 0.237 e. The number of carbonyl (C=O) groups is 2. The number of fused-ring (bicyclic) bond motifs is 1. The molecule has 0 radical (unpaired) electrons. The van der Waals surface area contributed by atoms with Gasteiger partial charge in [0.25, 0.3) is 0 Å². The molecule has 1 aromatic rings. The first kappa shape index (κ1) is 12.6. The van der Waals surface area contributed by atoms with Gasteiger partial charge in [0.1, 0.15) is 5.76 Å². The Balaban J connectivity index is 2.66. The number of hydrogen-bond donors (Lipinski definition) is 1. The van der Waals surface area contributed by atoms with Gasteiger partial charge in [-0.05, 0) is 24.6 Å². The van der Waals surface area contributed by atoms with Gasteiger partial charge in [-0.1, -0.05) is 30.7 Å². The summed E-state index contributed by atoms with van der Waals surface area (Å²) in [7, 11) is 0. The number of carbonyl (C=O) groups excluding carboxylic acids is 2. The van der Waals surface area contributed by atoms with Crippen LogP contribution in [0.3, 0.4) is 0 Å². The van der Waals surface area contributed by atoms with E-state index >= 15 is 0 Å². The molecule has 0 amide bonds. The lowest BCUT2D eigenvalue weighted by Crippen LogP contribution is -2.23. The average Bonchev–Trinajstić information content (AvgIpc) is 2.36. The fraction of sp³-hybridized carbons (Fsp3) is 0.143. The van der Waals surface area contributed by atoms with Crippen molar-refractivity contribution in [2.24, 2.45) is 0 Å². The molecule has 1 aliphatic rings. The highest BCUT2D eigenvalue weighted by Gasteiger charge is 2.31. The van der Waals surface area contributed by atoms with Crippen molar-refractivity contribution in [1.82, 2.24) is 0 Å². The molecular weight excluding hydrogens is 252 g/mol. The van der Waals surface area contributed by atoms with Gasteiger partial charge in [0, 0.05) is 16.1 Å². The van der Waals surface area contributed by atoms with Gasteiger partial charge in [-0.3, -0.25) is 9.59 Å². The Hall–Kier alpha value is -1.87. The van der Waals surface area contributed by atoms with Crippen LogP contribution in [0.15, 0.2) is 35.9 Å². The van der Waals surface area contributed by atoms with Crippen LogP contribution in [0.5, 0.6) is 0 Å². The Morgan fingerprint density at radius 2 is 1.94 bits per heavy atom. The van der Waals surface area contributed by atoms with E-state index < -0.39 is 11.6 Å². The molecule has 92 valence electrons. The van der Waals surface area contributed by atoms with Crippen molar-refractivity contribution in [3.63, 3.8) is 0 Å². The van der Waals surface area contributed by atoms with Gasteiger partial charge >= 0.3 is 0 Å². The highest BCUT2D eigenvalue weighted by Crippen LogP contribution is 2.30. The van der Waals surface area contributed by atoms with E-state index in [4.69, 9.17) is 11.6 Å². The maximum absolute atomic E-state index is 11.9. The standard InChI is InChI=1S/C14H11ClO3/c1-2-3-4-10-12(16)9-6-5-8(15)7-11(9)14(18)13(10)17/h3-7,16H,2H2,1H3. The van der Waals surface area contributed by atoms with Crippen molar-refractivity contribution in [2.45, 2.75) is 13.3 Å².